The average Bonchev–Trinajstić information content (AvgIpc) is 3.14. The lowest BCUT2D eigenvalue weighted by Gasteiger charge is -2.32. The second-order valence-electron chi connectivity index (χ2n) is 7.09. The van der Waals surface area contributed by atoms with E-state index < -0.39 is 0 Å². The SMILES string of the molecule is Cn1ccnc1-c1cc(C[C@@H]2CCCN(C(=O)c3ccccc3)C2)ncn1. The molecule has 1 atom stereocenters. The van der Waals surface area contributed by atoms with Gasteiger partial charge in [0, 0.05) is 43.8 Å². The Morgan fingerprint density at radius 3 is 2.81 bits per heavy atom. The van der Waals surface area contributed by atoms with Crippen LogP contribution >= 0.6 is 0 Å². The highest BCUT2D eigenvalue weighted by atomic mass is 16.2. The number of benzene rings is 1. The van der Waals surface area contributed by atoms with E-state index in [1.54, 1.807) is 12.5 Å². The van der Waals surface area contributed by atoms with Gasteiger partial charge in [0.25, 0.3) is 5.91 Å². The number of hydrogen-bond donors (Lipinski definition) is 0. The van der Waals surface area contributed by atoms with Gasteiger partial charge in [-0.1, -0.05) is 18.2 Å². The fraction of sp³-hybridized carbons (Fsp3) is 0.333. The van der Waals surface area contributed by atoms with Crippen LogP contribution in [0.1, 0.15) is 28.9 Å². The summed E-state index contributed by atoms with van der Waals surface area (Å²) < 4.78 is 1.95. The number of rotatable bonds is 4. The molecule has 1 fully saturated rings. The van der Waals surface area contributed by atoms with E-state index in [0.717, 1.165) is 55.1 Å². The Labute approximate surface area is 158 Å². The summed E-state index contributed by atoms with van der Waals surface area (Å²) in [5, 5.41) is 0. The smallest absolute Gasteiger partial charge is 0.253 e. The lowest BCUT2D eigenvalue weighted by Crippen LogP contribution is -2.40. The van der Waals surface area contributed by atoms with E-state index in [-0.39, 0.29) is 5.91 Å². The molecule has 27 heavy (non-hydrogen) atoms. The van der Waals surface area contributed by atoms with Crippen molar-refractivity contribution < 1.29 is 4.79 Å². The van der Waals surface area contributed by atoms with Crippen LogP contribution in [-0.2, 0) is 13.5 Å². The quantitative estimate of drug-likeness (QED) is 0.717. The summed E-state index contributed by atoms with van der Waals surface area (Å²) in [6.45, 7) is 1.60. The van der Waals surface area contributed by atoms with Crippen LogP contribution in [0.2, 0.25) is 0 Å². The van der Waals surface area contributed by atoms with Crippen molar-refractivity contribution in [2.75, 3.05) is 13.1 Å². The first-order valence-corrected chi connectivity index (χ1v) is 9.33. The molecule has 0 saturated carbocycles. The highest BCUT2D eigenvalue weighted by Crippen LogP contribution is 2.23. The molecule has 6 heteroatoms. The molecular weight excluding hydrogens is 338 g/mol. The largest absolute Gasteiger partial charge is 0.338 e. The summed E-state index contributed by atoms with van der Waals surface area (Å²) in [6.07, 6.45) is 8.27. The van der Waals surface area contributed by atoms with Gasteiger partial charge in [0.2, 0.25) is 0 Å². The van der Waals surface area contributed by atoms with E-state index in [0.29, 0.717) is 5.92 Å². The first-order valence-electron chi connectivity index (χ1n) is 9.33. The molecule has 1 aromatic carbocycles. The Balaban J connectivity index is 1.45. The van der Waals surface area contributed by atoms with Gasteiger partial charge in [-0.3, -0.25) is 4.79 Å². The van der Waals surface area contributed by atoms with Crippen LogP contribution in [0.4, 0.5) is 0 Å². The molecule has 0 N–H and O–H groups in total. The van der Waals surface area contributed by atoms with Crippen LogP contribution in [0.3, 0.4) is 0 Å². The summed E-state index contributed by atoms with van der Waals surface area (Å²) >= 11 is 0. The maximum Gasteiger partial charge on any atom is 0.253 e. The van der Waals surface area contributed by atoms with E-state index in [4.69, 9.17) is 0 Å². The van der Waals surface area contributed by atoms with Crippen LogP contribution in [0, 0.1) is 5.92 Å². The number of carbonyl (C=O) groups is 1. The van der Waals surface area contributed by atoms with Crippen molar-refractivity contribution in [2.24, 2.45) is 13.0 Å². The highest BCUT2D eigenvalue weighted by Gasteiger charge is 2.25. The van der Waals surface area contributed by atoms with Gasteiger partial charge in [0.05, 0.1) is 0 Å². The number of hydrogen-bond acceptors (Lipinski definition) is 4. The molecule has 0 aliphatic carbocycles. The van der Waals surface area contributed by atoms with Crippen molar-refractivity contribution in [1.29, 1.82) is 0 Å². The molecule has 0 radical (unpaired) electrons. The minimum absolute atomic E-state index is 0.122. The Bertz CT molecular complexity index is 921. The Kier molecular flexibility index (Phi) is 4.96. The Morgan fingerprint density at radius 1 is 1.19 bits per heavy atom. The molecule has 1 aliphatic rings. The summed E-state index contributed by atoms with van der Waals surface area (Å²) in [6, 6.07) is 11.5. The van der Waals surface area contributed by atoms with Gasteiger partial charge in [0.15, 0.2) is 5.82 Å². The zero-order valence-corrected chi connectivity index (χ0v) is 15.5. The zero-order chi connectivity index (χ0) is 18.6. The van der Waals surface area contributed by atoms with Crippen molar-refractivity contribution in [2.45, 2.75) is 19.3 Å². The Hall–Kier alpha value is -3.02. The van der Waals surface area contributed by atoms with Crippen molar-refractivity contribution >= 4 is 5.91 Å². The number of likely N-dealkylation sites (tertiary alicyclic amines) is 1. The molecule has 0 bridgehead atoms. The fourth-order valence-corrected chi connectivity index (χ4v) is 3.72. The van der Waals surface area contributed by atoms with Crippen molar-refractivity contribution in [3.05, 3.63) is 66.4 Å². The average molecular weight is 361 g/mol. The number of carbonyl (C=O) groups excluding carboxylic acids is 1. The number of imidazole rings is 1. The standard InChI is InChI=1S/C21H23N5O/c1-25-11-9-22-20(25)19-13-18(23-15-24-19)12-16-6-5-10-26(14-16)21(27)17-7-3-2-4-8-17/h2-4,7-9,11,13,15-16H,5-6,10,12,14H2,1H3/t16-/m0/s1. The van der Waals surface area contributed by atoms with Crippen LogP contribution in [0.5, 0.6) is 0 Å². The predicted molar refractivity (Wildman–Crippen MR) is 103 cm³/mol. The molecule has 0 spiro atoms. The molecule has 1 aliphatic heterocycles. The first kappa shape index (κ1) is 17.4. The van der Waals surface area contributed by atoms with Crippen molar-refractivity contribution in [1.82, 2.24) is 24.4 Å². The molecule has 6 nitrogen and oxygen atoms in total. The molecular formula is C21H23N5O. The monoisotopic (exact) mass is 361 g/mol. The van der Waals surface area contributed by atoms with Crippen LogP contribution < -0.4 is 0 Å². The van der Waals surface area contributed by atoms with E-state index in [2.05, 4.69) is 15.0 Å². The fourth-order valence-electron chi connectivity index (χ4n) is 3.72. The number of amides is 1. The first-order chi connectivity index (χ1) is 13.2. The maximum absolute atomic E-state index is 12.7. The Morgan fingerprint density at radius 2 is 2.04 bits per heavy atom. The molecule has 3 aromatic rings. The third kappa shape index (κ3) is 3.89. The lowest BCUT2D eigenvalue weighted by molar-refractivity contribution is 0.0673. The predicted octanol–water partition coefficient (Wildman–Crippen LogP) is 2.97. The maximum atomic E-state index is 12.7. The molecule has 138 valence electrons. The second kappa shape index (κ2) is 7.70. The van der Waals surface area contributed by atoms with E-state index >= 15 is 0 Å². The summed E-state index contributed by atoms with van der Waals surface area (Å²) in [7, 11) is 1.96. The van der Waals surface area contributed by atoms with Crippen LogP contribution in [-0.4, -0.2) is 43.4 Å². The van der Waals surface area contributed by atoms with Gasteiger partial charge >= 0.3 is 0 Å². The second-order valence-corrected chi connectivity index (χ2v) is 7.09. The van der Waals surface area contributed by atoms with Crippen molar-refractivity contribution in [3.8, 4) is 11.5 Å². The summed E-state index contributed by atoms with van der Waals surface area (Å²) in [5.74, 6) is 1.37. The van der Waals surface area contributed by atoms with E-state index in [9.17, 15) is 4.79 Å². The molecule has 1 saturated heterocycles. The lowest BCUT2D eigenvalue weighted by atomic mass is 9.92. The zero-order valence-electron chi connectivity index (χ0n) is 15.5. The number of aromatic nitrogens is 4. The van der Waals surface area contributed by atoms with E-state index in [1.165, 1.54) is 0 Å². The molecule has 0 unspecified atom stereocenters. The number of aryl methyl sites for hydroxylation is 1. The van der Waals surface area contributed by atoms with Gasteiger partial charge in [-0.15, -0.1) is 0 Å². The molecule has 3 heterocycles. The number of nitrogens with zero attached hydrogens (tertiary/aromatic N) is 5. The summed E-state index contributed by atoms with van der Waals surface area (Å²) in [5.41, 5.74) is 2.60. The van der Waals surface area contributed by atoms with Crippen LogP contribution in [0.25, 0.3) is 11.5 Å². The van der Waals surface area contributed by atoms with Crippen LogP contribution in [0.15, 0.2) is 55.1 Å². The summed E-state index contributed by atoms with van der Waals surface area (Å²) in [4.78, 5) is 27.9. The number of piperidine rings is 1. The van der Waals surface area contributed by atoms with E-state index in [1.807, 2.05) is 59.1 Å². The highest BCUT2D eigenvalue weighted by molar-refractivity contribution is 5.94. The van der Waals surface area contributed by atoms with Gasteiger partial charge in [-0.05, 0) is 43.4 Å². The molecule has 4 rings (SSSR count). The van der Waals surface area contributed by atoms with Crippen molar-refractivity contribution in [3.63, 3.8) is 0 Å². The molecule has 2 aromatic heterocycles. The third-order valence-corrected chi connectivity index (χ3v) is 5.10. The van der Waals surface area contributed by atoms with Gasteiger partial charge in [0.1, 0.15) is 12.0 Å². The van der Waals surface area contributed by atoms with Gasteiger partial charge < -0.3 is 9.47 Å². The molecule has 1 amide bonds. The normalized spacial score (nSPS) is 17.1. The minimum Gasteiger partial charge on any atom is -0.338 e. The van der Waals surface area contributed by atoms with Gasteiger partial charge in [-0.25, -0.2) is 15.0 Å². The third-order valence-electron chi connectivity index (χ3n) is 5.10. The topological polar surface area (TPSA) is 63.9 Å². The van der Waals surface area contributed by atoms with Gasteiger partial charge in [-0.2, -0.15) is 0 Å². The minimum atomic E-state index is 0.122.